The van der Waals surface area contributed by atoms with Crippen molar-refractivity contribution in [2.75, 3.05) is 26.7 Å². The van der Waals surface area contributed by atoms with E-state index in [2.05, 4.69) is 46.0 Å². The van der Waals surface area contributed by atoms with E-state index in [1.807, 2.05) is 12.1 Å². The number of hydrogen-bond donors (Lipinski definition) is 2. The molecule has 2 rings (SSSR count). The Hall–Kier alpha value is -1.07. The van der Waals surface area contributed by atoms with Crippen LogP contribution < -0.4 is 10.6 Å². The van der Waals surface area contributed by atoms with Gasteiger partial charge in [0.25, 0.3) is 0 Å². The molecule has 0 saturated carbocycles. The van der Waals surface area contributed by atoms with Crippen LogP contribution in [0.1, 0.15) is 31.9 Å². The summed E-state index contributed by atoms with van der Waals surface area (Å²) in [6, 6.07) is 8.20. The number of ether oxygens (including phenoxy) is 1. The van der Waals surface area contributed by atoms with Gasteiger partial charge in [0.2, 0.25) is 0 Å². The monoisotopic (exact) mass is 528 g/mol. The first-order valence-electron chi connectivity index (χ1n) is 9.61. The molecule has 2 N–H and O–H groups in total. The summed E-state index contributed by atoms with van der Waals surface area (Å²) in [5.41, 5.74) is 1.73. The molecule has 1 fully saturated rings. The smallest absolute Gasteiger partial charge is 0.367 e. The number of rotatable bonds is 7. The topological polar surface area (TPSA) is 48.9 Å². The van der Waals surface area contributed by atoms with Crippen molar-refractivity contribution in [1.82, 2.24) is 15.5 Å². The van der Waals surface area contributed by atoms with Gasteiger partial charge in [-0.1, -0.05) is 31.2 Å². The summed E-state index contributed by atoms with van der Waals surface area (Å²) in [4.78, 5) is 6.75. The average molecular weight is 528 g/mol. The lowest BCUT2D eigenvalue weighted by Crippen LogP contribution is -2.46. The van der Waals surface area contributed by atoms with Gasteiger partial charge in [-0.05, 0) is 30.9 Å². The summed E-state index contributed by atoms with van der Waals surface area (Å²) in [5.74, 6) is 1.29. The summed E-state index contributed by atoms with van der Waals surface area (Å²) in [6.45, 7) is 8.02. The van der Waals surface area contributed by atoms with Crippen molar-refractivity contribution in [3.8, 4) is 0 Å². The van der Waals surface area contributed by atoms with Crippen molar-refractivity contribution < 1.29 is 17.9 Å². The fraction of sp³-hybridized carbons (Fsp3) is 0.650. The van der Waals surface area contributed by atoms with Crippen LogP contribution in [0.2, 0.25) is 0 Å². The molecule has 1 saturated heterocycles. The van der Waals surface area contributed by atoms with Crippen LogP contribution >= 0.6 is 24.0 Å². The summed E-state index contributed by atoms with van der Waals surface area (Å²) in [7, 11) is 1.75. The van der Waals surface area contributed by atoms with E-state index >= 15 is 0 Å². The lowest BCUT2D eigenvalue weighted by Gasteiger charge is -2.22. The molecule has 166 valence electrons. The number of nitrogens with zero attached hydrogens (tertiary/aromatic N) is 2. The Morgan fingerprint density at radius 3 is 2.34 bits per heavy atom. The zero-order chi connectivity index (χ0) is 20.7. The van der Waals surface area contributed by atoms with Crippen LogP contribution in [-0.2, 0) is 17.9 Å². The van der Waals surface area contributed by atoms with E-state index in [4.69, 9.17) is 0 Å². The first-order chi connectivity index (χ1) is 13.2. The van der Waals surface area contributed by atoms with E-state index in [9.17, 15) is 13.2 Å². The highest BCUT2D eigenvalue weighted by Gasteiger charge is 2.31. The molecule has 1 aliphatic heterocycles. The van der Waals surface area contributed by atoms with Crippen LogP contribution in [-0.4, -0.2) is 55.9 Å². The largest absolute Gasteiger partial charge is 0.411 e. The highest BCUT2D eigenvalue weighted by molar-refractivity contribution is 14.0. The standard InChI is InChI=1S/C20H31F3N4O.HI/c1-14(2)27-10-15(3)18(11-27)26-19(24-4)25-9-16-5-7-17(8-6-16)12-28-13-20(21,22)23;/h5-8,14-15,18H,9-13H2,1-4H3,(H2,24,25,26);1H. The molecule has 0 amide bonds. The summed E-state index contributed by atoms with van der Waals surface area (Å²) in [6.07, 6.45) is -4.30. The van der Waals surface area contributed by atoms with Crippen molar-refractivity contribution in [2.45, 2.75) is 52.2 Å². The second kappa shape index (κ2) is 11.9. The minimum Gasteiger partial charge on any atom is -0.367 e. The lowest BCUT2D eigenvalue weighted by molar-refractivity contribution is -0.176. The summed E-state index contributed by atoms with van der Waals surface area (Å²) >= 11 is 0. The Kier molecular flexibility index (Phi) is 10.7. The van der Waals surface area contributed by atoms with E-state index in [0.29, 0.717) is 30.1 Å². The SMILES string of the molecule is CN=C(NCc1ccc(COCC(F)(F)F)cc1)NC1CN(C(C)C)CC1C.I. The van der Waals surface area contributed by atoms with Gasteiger partial charge in [-0.2, -0.15) is 13.2 Å². The molecule has 9 heteroatoms. The van der Waals surface area contributed by atoms with Crippen molar-refractivity contribution in [1.29, 1.82) is 0 Å². The van der Waals surface area contributed by atoms with Gasteiger partial charge >= 0.3 is 6.18 Å². The quantitative estimate of drug-likeness (QED) is 0.322. The van der Waals surface area contributed by atoms with Crippen molar-refractivity contribution in [2.24, 2.45) is 10.9 Å². The molecule has 29 heavy (non-hydrogen) atoms. The zero-order valence-corrected chi connectivity index (χ0v) is 19.8. The maximum atomic E-state index is 12.1. The molecular formula is C20H32F3IN4O. The second-order valence-electron chi connectivity index (χ2n) is 7.63. The molecule has 2 atom stereocenters. The van der Waals surface area contributed by atoms with Gasteiger partial charge in [0.05, 0.1) is 6.61 Å². The number of guanidine groups is 1. The molecule has 1 heterocycles. The van der Waals surface area contributed by atoms with Crippen molar-refractivity contribution >= 4 is 29.9 Å². The third kappa shape index (κ3) is 9.08. The van der Waals surface area contributed by atoms with Gasteiger partial charge < -0.3 is 15.4 Å². The van der Waals surface area contributed by atoms with Crippen LogP contribution in [0.15, 0.2) is 29.3 Å². The minimum atomic E-state index is -4.30. The Balaban J connectivity index is 0.00000420. The van der Waals surface area contributed by atoms with Crippen molar-refractivity contribution in [3.63, 3.8) is 0 Å². The number of benzene rings is 1. The summed E-state index contributed by atoms with van der Waals surface area (Å²) < 4.78 is 41.0. The molecular weight excluding hydrogens is 496 g/mol. The minimum absolute atomic E-state index is 0. The molecule has 0 aliphatic carbocycles. The number of hydrogen-bond acceptors (Lipinski definition) is 3. The summed E-state index contributed by atoms with van der Waals surface area (Å²) in [5, 5.41) is 6.79. The molecule has 2 unspecified atom stereocenters. The van der Waals surface area contributed by atoms with Crippen LogP contribution in [0, 0.1) is 5.92 Å². The number of nitrogens with one attached hydrogen (secondary N) is 2. The zero-order valence-electron chi connectivity index (χ0n) is 17.4. The molecule has 1 aromatic carbocycles. The first-order valence-corrected chi connectivity index (χ1v) is 9.61. The van der Waals surface area contributed by atoms with Gasteiger partial charge in [0.1, 0.15) is 6.61 Å². The van der Waals surface area contributed by atoms with Gasteiger partial charge in [0, 0.05) is 38.8 Å². The van der Waals surface area contributed by atoms with Crippen molar-refractivity contribution in [3.05, 3.63) is 35.4 Å². The molecule has 0 spiro atoms. The van der Waals surface area contributed by atoms with E-state index < -0.39 is 12.8 Å². The second-order valence-corrected chi connectivity index (χ2v) is 7.63. The van der Waals surface area contributed by atoms with E-state index in [0.717, 1.165) is 24.6 Å². The average Bonchev–Trinajstić information content (AvgIpc) is 2.99. The van der Waals surface area contributed by atoms with Gasteiger partial charge in [-0.3, -0.25) is 9.89 Å². The molecule has 0 radical (unpaired) electrons. The maximum Gasteiger partial charge on any atom is 0.411 e. The van der Waals surface area contributed by atoms with E-state index in [-0.39, 0.29) is 30.6 Å². The molecule has 0 bridgehead atoms. The predicted molar refractivity (Wildman–Crippen MR) is 121 cm³/mol. The fourth-order valence-electron chi connectivity index (χ4n) is 3.21. The molecule has 0 aromatic heterocycles. The van der Waals surface area contributed by atoms with E-state index in [1.165, 1.54) is 0 Å². The number of alkyl halides is 3. The highest BCUT2D eigenvalue weighted by atomic mass is 127. The van der Waals surface area contributed by atoms with Crippen LogP contribution in [0.3, 0.4) is 0 Å². The van der Waals surface area contributed by atoms with Gasteiger partial charge in [-0.15, -0.1) is 24.0 Å². The van der Waals surface area contributed by atoms with E-state index in [1.54, 1.807) is 19.2 Å². The van der Waals surface area contributed by atoms with Gasteiger partial charge in [0.15, 0.2) is 5.96 Å². The Morgan fingerprint density at radius 2 is 1.83 bits per heavy atom. The fourth-order valence-corrected chi connectivity index (χ4v) is 3.21. The van der Waals surface area contributed by atoms with Crippen LogP contribution in [0.5, 0.6) is 0 Å². The predicted octanol–water partition coefficient (Wildman–Crippen LogP) is 3.78. The number of aliphatic imine (C=N–C) groups is 1. The maximum absolute atomic E-state index is 12.1. The van der Waals surface area contributed by atoms with Crippen LogP contribution in [0.25, 0.3) is 0 Å². The highest BCUT2D eigenvalue weighted by Crippen LogP contribution is 2.18. The normalized spacial score (nSPS) is 20.6. The van der Waals surface area contributed by atoms with Crippen LogP contribution in [0.4, 0.5) is 13.2 Å². The third-order valence-electron chi connectivity index (χ3n) is 4.93. The Labute approximate surface area is 188 Å². The number of likely N-dealkylation sites (tertiary alicyclic amines) is 1. The molecule has 5 nitrogen and oxygen atoms in total. The molecule has 1 aliphatic rings. The Bertz CT molecular complexity index is 638. The lowest BCUT2D eigenvalue weighted by atomic mass is 10.1. The first kappa shape index (κ1) is 26.0. The Morgan fingerprint density at radius 1 is 1.21 bits per heavy atom. The van der Waals surface area contributed by atoms with Gasteiger partial charge in [-0.25, -0.2) is 0 Å². The number of halogens is 4. The third-order valence-corrected chi connectivity index (χ3v) is 4.93. The molecule has 1 aromatic rings.